The molecule has 0 saturated carbocycles. The number of ether oxygens (including phenoxy) is 1. The van der Waals surface area contributed by atoms with Crippen LogP contribution < -0.4 is 0 Å². The van der Waals surface area contributed by atoms with E-state index < -0.39 is 5.25 Å². The normalized spacial score (nSPS) is 18.0. The summed E-state index contributed by atoms with van der Waals surface area (Å²) in [5.74, 6) is 0. The van der Waals surface area contributed by atoms with E-state index in [0.717, 1.165) is 0 Å². The van der Waals surface area contributed by atoms with Crippen molar-refractivity contribution in [1.82, 2.24) is 0 Å². The largest absolute Gasteiger partial charge is 0.353 e. The van der Waals surface area contributed by atoms with Gasteiger partial charge in [-0.1, -0.05) is 18.5 Å². The molecule has 0 aliphatic heterocycles. The van der Waals surface area contributed by atoms with Crippen LogP contribution >= 0.6 is 11.6 Å². The molecule has 0 heterocycles. The smallest absolute Gasteiger partial charge is 0.245 e. The molecule has 0 rings (SSSR count). The van der Waals surface area contributed by atoms with E-state index in [1.165, 1.54) is 0 Å². The number of rotatable bonds is 3. The SMILES string of the molecule is CCOC(O)(Cl)CC. The lowest BCUT2D eigenvalue weighted by Gasteiger charge is -2.16. The average Bonchev–Trinajstić information content (AvgIpc) is 1.67. The quantitative estimate of drug-likeness (QED) is 0.471. The molecule has 0 aromatic carbocycles. The third kappa shape index (κ3) is 3.24. The Balaban J connectivity index is 3.37. The summed E-state index contributed by atoms with van der Waals surface area (Å²) < 4.78 is 4.70. The van der Waals surface area contributed by atoms with E-state index >= 15 is 0 Å². The van der Waals surface area contributed by atoms with Gasteiger partial charge in [0, 0.05) is 13.0 Å². The third-order valence-corrected chi connectivity index (χ3v) is 1.18. The summed E-state index contributed by atoms with van der Waals surface area (Å²) in [5, 5.41) is 7.43. The van der Waals surface area contributed by atoms with E-state index in [9.17, 15) is 0 Å². The highest BCUT2D eigenvalue weighted by Crippen LogP contribution is 2.15. The lowest BCUT2D eigenvalue weighted by molar-refractivity contribution is -0.135. The third-order valence-electron chi connectivity index (χ3n) is 0.802. The fraction of sp³-hybridized carbons (Fsp3) is 1.00. The fourth-order valence-electron chi connectivity index (χ4n) is 0.323. The maximum atomic E-state index is 8.87. The van der Waals surface area contributed by atoms with Crippen molar-refractivity contribution in [3.63, 3.8) is 0 Å². The summed E-state index contributed by atoms with van der Waals surface area (Å²) >= 11 is 5.35. The Hall–Kier alpha value is 0.210. The van der Waals surface area contributed by atoms with Crippen LogP contribution in [0.1, 0.15) is 20.3 Å². The van der Waals surface area contributed by atoms with Crippen molar-refractivity contribution in [2.45, 2.75) is 25.5 Å². The minimum absolute atomic E-state index is 0.405. The van der Waals surface area contributed by atoms with Crippen molar-refractivity contribution in [1.29, 1.82) is 0 Å². The zero-order chi connectivity index (χ0) is 6.62. The Bertz CT molecular complexity index is 63.4. The predicted molar refractivity (Wildman–Crippen MR) is 32.7 cm³/mol. The van der Waals surface area contributed by atoms with Crippen LogP contribution in [0, 0.1) is 0 Å². The number of alkyl halides is 1. The first-order valence-electron chi connectivity index (χ1n) is 2.67. The summed E-state index contributed by atoms with van der Waals surface area (Å²) in [6.07, 6.45) is 0.405. The zero-order valence-electron chi connectivity index (χ0n) is 5.15. The van der Waals surface area contributed by atoms with Gasteiger partial charge in [-0.2, -0.15) is 0 Å². The van der Waals surface area contributed by atoms with Gasteiger partial charge in [0.2, 0.25) is 5.25 Å². The van der Waals surface area contributed by atoms with E-state index in [1.807, 2.05) is 0 Å². The highest BCUT2D eigenvalue weighted by Gasteiger charge is 2.19. The van der Waals surface area contributed by atoms with Crippen molar-refractivity contribution >= 4 is 11.6 Å². The first-order chi connectivity index (χ1) is 3.62. The lowest BCUT2D eigenvalue weighted by Crippen LogP contribution is -2.23. The highest BCUT2D eigenvalue weighted by molar-refractivity contribution is 6.21. The first-order valence-corrected chi connectivity index (χ1v) is 3.05. The number of aliphatic hydroxyl groups is 1. The van der Waals surface area contributed by atoms with Gasteiger partial charge in [0.05, 0.1) is 0 Å². The molecule has 0 aromatic rings. The second-order valence-corrected chi connectivity index (χ2v) is 2.07. The summed E-state index contributed by atoms with van der Waals surface area (Å²) in [7, 11) is 0. The molecule has 0 radical (unpaired) electrons. The van der Waals surface area contributed by atoms with Crippen LogP contribution in [0.3, 0.4) is 0 Å². The number of hydrogen-bond acceptors (Lipinski definition) is 2. The summed E-state index contributed by atoms with van der Waals surface area (Å²) in [5.41, 5.74) is 0. The molecular weight excluding hydrogens is 128 g/mol. The molecule has 0 saturated heterocycles. The Labute approximate surface area is 54.4 Å². The standard InChI is InChI=1S/C5H11ClO2/c1-3-5(6,7)8-4-2/h7H,3-4H2,1-2H3. The molecule has 2 nitrogen and oxygen atoms in total. The molecule has 0 fully saturated rings. The maximum absolute atomic E-state index is 8.87. The van der Waals surface area contributed by atoms with Gasteiger partial charge in [-0.3, -0.25) is 0 Å². The Morgan fingerprint density at radius 1 is 1.62 bits per heavy atom. The van der Waals surface area contributed by atoms with Gasteiger partial charge in [-0.15, -0.1) is 0 Å². The van der Waals surface area contributed by atoms with E-state index in [-0.39, 0.29) is 0 Å². The molecule has 0 bridgehead atoms. The second kappa shape index (κ2) is 3.28. The second-order valence-electron chi connectivity index (χ2n) is 1.48. The molecule has 8 heavy (non-hydrogen) atoms. The molecule has 0 aliphatic rings. The molecule has 0 aromatic heterocycles. The van der Waals surface area contributed by atoms with E-state index in [1.54, 1.807) is 13.8 Å². The van der Waals surface area contributed by atoms with Crippen molar-refractivity contribution in [3.8, 4) is 0 Å². The Morgan fingerprint density at radius 3 is 2.25 bits per heavy atom. The van der Waals surface area contributed by atoms with Gasteiger partial charge < -0.3 is 9.84 Å². The van der Waals surface area contributed by atoms with Gasteiger partial charge in [-0.25, -0.2) is 0 Å². The van der Waals surface area contributed by atoms with Crippen molar-refractivity contribution in [3.05, 3.63) is 0 Å². The van der Waals surface area contributed by atoms with Gasteiger partial charge in [-0.05, 0) is 6.92 Å². The summed E-state index contributed by atoms with van der Waals surface area (Å²) in [6.45, 7) is 3.97. The minimum atomic E-state index is -1.44. The lowest BCUT2D eigenvalue weighted by atomic mass is 10.5. The number of hydrogen-bond donors (Lipinski definition) is 1. The first kappa shape index (κ1) is 8.21. The molecule has 50 valence electrons. The van der Waals surface area contributed by atoms with Crippen LogP contribution in [0.2, 0.25) is 0 Å². The molecule has 3 heteroatoms. The van der Waals surface area contributed by atoms with Crippen molar-refractivity contribution in [2.24, 2.45) is 0 Å². The molecule has 1 atom stereocenters. The van der Waals surface area contributed by atoms with Crippen molar-refractivity contribution < 1.29 is 9.84 Å². The maximum Gasteiger partial charge on any atom is 0.245 e. The monoisotopic (exact) mass is 138 g/mol. The van der Waals surface area contributed by atoms with Gasteiger partial charge in [0.1, 0.15) is 0 Å². The Kier molecular flexibility index (Phi) is 3.36. The van der Waals surface area contributed by atoms with E-state index in [4.69, 9.17) is 21.4 Å². The van der Waals surface area contributed by atoms with Gasteiger partial charge in [0.15, 0.2) is 0 Å². The zero-order valence-corrected chi connectivity index (χ0v) is 5.90. The molecule has 0 spiro atoms. The topological polar surface area (TPSA) is 29.5 Å². The van der Waals surface area contributed by atoms with Crippen LogP contribution in [0.4, 0.5) is 0 Å². The van der Waals surface area contributed by atoms with Gasteiger partial charge >= 0.3 is 0 Å². The minimum Gasteiger partial charge on any atom is -0.353 e. The van der Waals surface area contributed by atoms with Crippen LogP contribution in [0.25, 0.3) is 0 Å². The van der Waals surface area contributed by atoms with E-state index in [0.29, 0.717) is 13.0 Å². The van der Waals surface area contributed by atoms with Crippen molar-refractivity contribution in [2.75, 3.05) is 6.61 Å². The average molecular weight is 139 g/mol. The molecule has 0 amide bonds. The number of halogens is 1. The van der Waals surface area contributed by atoms with Crippen LogP contribution in [0.15, 0.2) is 0 Å². The predicted octanol–water partition coefficient (Wildman–Crippen LogP) is 1.32. The summed E-state index contributed by atoms with van der Waals surface area (Å²) in [6, 6.07) is 0. The van der Waals surface area contributed by atoms with Crippen LogP contribution in [0.5, 0.6) is 0 Å². The van der Waals surface area contributed by atoms with Crippen LogP contribution in [-0.2, 0) is 4.74 Å². The fourth-order valence-corrected chi connectivity index (χ4v) is 0.432. The van der Waals surface area contributed by atoms with E-state index in [2.05, 4.69) is 0 Å². The Morgan fingerprint density at radius 2 is 2.12 bits per heavy atom. The highest BCUT2D eigenvalue weighted by atomic mass is 35.5. The summed E-state index contributed by atoms with van der Waals surface area (Å²) in [4.78, 5) is 0. The molecular formula is C5H11ClO2. The van der Waals surface area contributed by atoms with Crippen LogP contribution in [-0.4, -0.2) is 17.0 Å². The molecule has 1 unspecified atom stereocenters. The molecule has 0 aliphatic carbocycles. The van der Waals surface area contributed by atoms with Gasteiger partial charge in [0.25, 0.3) is 0 Å². The molecule has 1 N–H and O–H groups in total.